The number of carbonyl (C=O) groups is 1. The molecule has 0 N–H and O–H groups in total. The molecule has 3 nitrogen and oxygen atoms in total. The fourth-order valence-corrected chi connectivity index (χ4v) is 1.65. The third kappa shape index (κ3) is 2.23. The van der Waals surface area contributed by atoms with Gasteiger partial charge < -0.3 is 0 Å². The minimum Gasteiger partial charge on any atom is -0.272 e. The Morgan fingerprint density at radius 1 is 1.22 bits per heavy atom. The number of benzene rings is 1. The molecule has 1 aliphatic heterocycles. The molecule has 2 rings (SSSR count). The molecular weight excluding hydrogens is 245 g/mol. The van der Waals surface area contributed by atoms with Crippen molar-refractivity contribution < 1.29 is 18.0 Å². The number of alkyl halides is 3. The Morgan fingerprint density at radius 3 is 2.39 bits per heavy atom. The molecule has 1 heterocycles. The van der Waals surface area contributed by atoms with Crippen LogP contribution >= 0.6 is 0 Å². The van der Waals surface area contributed by atoms with Gasteiger partial charge in [-0.05, 0) is 37.1 Å². The highest BCUT2D eigenvalue weighted by atomic mass is 19.4. The molecule has 1 aromatic rings. The fraction of sp³-hybridized carbons (Fsp3) is 0.333. The Balaban J connectivity index is 2.36. The summed E-state index contributed by atoms with van der Waals surface area (Å²) in [6.07, 6.45) is -5.25. The number of aryl methyl sites for hydroxylation is 2. The molecule has 0 spiro atoms. The van der Waals surface area contributed by atoms with Crippen LogP contribution in [0.15, 0.2) is 23.3 Å². The van der Waals surface area contributed by atoms with Crippen LogP contribution in [0.5, 0.6) is 0 Å². The molecular formula is C12H11F3N2O. The smallest absolute Gasteiger partial charge is 0.272 e. The maximum absolute atomic E-state index is 12.5. The Kier molecular flexibility index (Phi) is 2.88. The van der Waals surface area contributed by atoms with Gasteiger partial charge in [-0.3, -0.25) is 4.79 Å². The Morgan fingerprint density at radius 2 is 1.89 bits per heavy atom. The van der Waals surface area contributed by atoms with E-state index >= 15 is 0 Å². The first-order valence-electron chi connectivity index (χ1n) is 5.34. The second-order valence-electron chi connectivity index (χ2n) is 4.20. The van der Waals surface area contributed by atoms with Crippen molar-refractivity contribution >= 4 is 17.3 Å². The third-order valence-electron chi connectivity index (χ3n) is 2.84. The predicted molar refractivity (Wildman–Crippen MR) is 61.5 cm³/mol. The van der Waals surface area contributed by atoms with Gasteiger partial charge in [0, 0.05) is 0 Å². The molecule has 0 saturated carbocycles. The predicted octanol–water partition coefficient (Wildman–Crippen LogP) is 2.96. The van der Waals surface area contributed by atoms with Crippen LogP contribution < -0.4 is 5.01 Å². The van der Waals surface area contributed by atoms with Gasteiger partial charge in [0.15, 0.2) is 5.71 Å². The molecule has 6 heteroatoms. The molecule has 0 bridgehead atoms. The lowest BCUT2D eigenvalue weighted by Crippen LogP contribution is -2.22. The van der Waals surface area contributed by atoms with Gasteiger partial charge in [-0.2, -0.15) is 18.3 Å². The van der Waals surface area contributed by atoms with Crippen molar-refractivity contribution in [3.8, 4) is 0 Å². The van der Waals surface area contributed by atoms with Gasteiger partial charge in [0.05, 0.1) is 12.1 Å². The average molecular weight is 256 g/mol. The maximum atomic E-state index is 12.5. The Bertz CT molecular complexity index is 535. The van der Waals surface area contributed by atoms with Crippen molar-refractivity contribution in [1.82, 2.24) is 0 Å². The van der Waals surface area contributed by atoms with E-state index in [9.17, 15) is 18.0 Å². The minimum atomic E-state index is -4.55. The number of rotatable bonds is 1. The van der Waals surface area contributed by atoms with E-state index in [1.807, 2.05) is 13.8 Å². The van der Waals surface area contributed by atoms with Crippen LogP contribution in [0.2, 0.25) is 0 Å². The van der Waals surface area contributed by atoms with E-state index in [1.54, 1.807) is 18.2 Å². The van der Waals surface area contributed by atoms with Crippen molar-refractivity contribution in [2.24, 2.45) is 5.10 Å². The molecule has 0 unspecified atom stereocenters. The monoisotopic (exact) mass is 256 g/mol. The highest BCUT2D eigenvalue weighted by molar-refractivity contribution is 6.14. The molecule has 0 saturated heterocycles. The number of halogens is 3. The molecule has 0 aromatic heterocycles. The molecule has 18 heavy (non-hydrogen) atoms. The van der Waals surface area contributed by atoms with Gasteiger partial charge in [0.2, 0.25) is 0 Å². The summed E-state index contributed by atoms with van der Waals surface area (Å²) in [4.78, 5) is 11.5. The normalized spacial score (nSPS) is 16.2. The molecule has 0 radical (unpaired) electrons. The van der Waals surface area contributed by atoms with Crippen molar-refractivity contribution in [2.75, 3.05) is 5.01 Å². The lowest BCUT2D eigenvalue weighted by molar-refractivity contribution is -0.117. The second kappa shape index (κ2) is 4.12. The zero-order valence-electron chi connectivity index (χ0n) is 9.88. The summed E-state index contributed by atoms with van der Waals surface area (Å²) in [6, 6.07) is 4.98. The van der Waals surface area contributed by atoms with Crippen LogP contribution in [0.3, 0.4) is 0 Å². The summed E-state index contributed by atoms with van der Waals surface area (Å²) in [5.74, 6) is -0.662. The molecule has 0 aliphatic carbocycles. The number of hydrogen-bond donors (Lipinski definition) is 0. The lowest BCUT2D eigenvalue weighted by atomic mass is 10.1. The van der Waals surface area contributed by atoms with E-state index in [2.05, 4.69) is 5.10 Å². The summed E-state index contributed by atoms with van der Waals surface area (Å²) in [5, 5.41) is 4.17. The van der Waals surface area contributed by atoms with Crippen molar-refractivity contribution in [3.63, 3.8) is 0 Å². The van der Waals surface area contributed by atoms with Crippen LogP contribution in [-0.2, 0) is 4.79 Å². The van der Waals surface area contributed by atoms with Crippen molar-refractivity contribution in [3.05, 3.63) is 29.3 Å². The van der Waals surface area contributed by atoms with Crippen LogP contribution in [0.4, 0.5) is 18.9 Å². The zero-order chi connectivity index (χ0) is 13.5. The second-order valence-corrected chi connectivity index (χ2v) is 4.20. The first kappa shape index (κ1) is 12.6. The quantitative estimate of drug-likeness (QED) is 0.760. The van der Waals surface area contributed by atoms with Gasteiger partial charge in [-0.1, -0.05) is 6.07 Å². The number of nitrogens with zero attached hydrogens (tertiary/aromatic N) is 2. The first-order valence-corrected chi connectivity index (χ1v) is 5.34. The molecule has 0 atom stereocenters. The van der Waals surface area contributed by atoms with E-state index in [0.717, 1.165) is 16.1 Å². The number of hydrazone groups is 1. The molecule has 1 aliphatic rings. The van der Waals surface area contributed by atoms with Crippen molar-refractivity contribution in [1.29, 1.82) is 0 Å². The van der Waals surface area contributed by atoms with Gasteiger partial charge in [-0.15, -0.1) is 0 Å². The summed E-state index contributed by atoms with van der Waals surface area (Å²) >= 11 is 0. The summed E-state index contributed by atoms with van der Waals surface area (Å²) in [5.41, 5.74) is 1.22. The SMILES string of the molecule is Cc1ccc(N2N=C(C(F)(F)F)CC2=O)cc1C. The van der Waals surface area contributed by atoms with Crippen LogP contribution in [0.25, 0.3) is 0 Å². The summed E-state index contributed by atoms with van der Waals surface area (Å²) in [7, 11) is 0. The third-order valence-corrected chi connectivity index (χ3v) is 2.84. The largest absolute Gasteiger partial charge is 0.431 e. The topological polar surface area (TPSA) is 32.7 Å². The number of hydrogen-bond acceptors (Lipinski definition) is 2. The molecule has 96 valence electrons. The summed E-state index contributed by atoms with van der Waals surface area (Å²) < 4.78 is 37.4. The number of amides is 1. The van der Waals surface area contributed by atoms with E-state index in [1.165, 1.54) is 0 Å². The molecule has 1 aromatic carbocycles. The lowest BCUT2D eigenvalue weighted by Gasteiger charge is -2.13. The highest BCUT2D eigenvalue weighted by Crippen LogP contribution is 2.28. The maximum Gasteiger partial charge on any atom is 0.431 e. The number of anilines is 1. The average Bonchev–Trinajstić information content (AvgIpc) is 2.64. The van der Waals surface area contributed by atoms with Gasteiger partial charge in [0.1, 0.15) is 0 Å². The molecule has 1 amide bonds. The van der Waals surface area contributed by atoms with Crippen LogP contribution in [-0.4, -0.2) is 17.8 Å². The van der Waals surface area contributed by atoms with Crippen molar-refractivity contribution in [2.45, 2.75) is 26.4 Å². The molecule has 0 fully saturated rings. The van der Waals surface area contributed by atoms with E-state index < -0.39 is 24.2 Å². The minimum absolute atomic E-state index is 0.363. The van der Waals surface area contributed by atoms with Gasteiger partial charge in [0.25, 0.3) is 5.91 Å². The standard InChI is InChI=1S/C12H11F3N2O/c1-7-3-4-9(5-8(7)2)17-11(18)6-10(16-17)12(13,14)15/h3-5H,6H2,1-2H3. The van der Waals surface area contributed by atoms with Crippen LogP contribution in [0, 0.1) is 13.8 Å². The van der Waals surface area contributed by atoms with E-state index in [0.29, 0.717) is 5.69 Å². The fourth-order valence-electron chi connectivity index (χ4n) is 1.65. The first-order chi connectivity index (χ1) is 8.29. The van der Waals surface area contributed by atoms with Crippen LogP contribution in [0.1, 0.15) is 17.5 Å². The van der Waals surface area contributed by atoms with E-state index in [4.69, 9.17) is 0 Å². The van der Waals surface area contributed by atoms with Gasteiger partial charge in [-0.25, -0.2) is 5.01 Å². The summed E-state index contributed by atoms with van der Waals surface area (Å²) in [6.45, 7) is 3.71. The highest BCUT2D eigenvalue weighted by Gasteiger charge is 2.42. The van der Waals surface area contributed by atoms with E-state index in [-0.39, 0.29) is 0 Å². The Hall–Kier alpha value is -1.85. The number of carbonyl (C=O) groups excluding carboxylic acids is 1. The van der Waals surface area contributed by atoms with Gasteiger partial charge >= 0.3 is 6.18 Å². The zero-order valence-corrected chi connectivity index (χ0v) is 9.88. The Labute approximate surface area is 102 Å².